The van der Waals surface area contributed by atoms with Crippen molar-refractivity contribution in [2.75, 3.05) is 7.11 Å². The van der Waals surface area contributed by atoms with Gasteiger partial charge < -0.3 is 24.8 Å². The Morgan fingerprint density at radius 2 is 1.57 bits per heavy atom. The first-order valence-corrected chi connectivity index (χ1v) is 11.5. The van der Waals surface area contributed by atoms with Gasteiger partial charge in [-0.2, -0.15) is 0 Å². The fraction of sp³-hybridized carbons (Fsp3) is 0.222. The summed E-state index contributed by atoms with van der Waals surface area (Å²) < 4.78 is 16.2. The third kappa shape index (κ3) is 5.27. The molecule has 0 aliphatic carbocycles. The maximum Gasteiger partial charge on any atom is 0.308 e. The van der Waals surface area contributed by atoms with Crippen LogP contribution in [0, 0.1) is 0 Å². The van der Waals surface area contributed by atoms with Gasteiger partial charge >= 0.3 is 11.9 Å². The van der Waals surface area contributed by atoms with Gasteiger partial charge in [0.15, 0.2) is 5.11 Å². The van der Waals surface area contributed by atoms with Crippen LogP contribution in [-0.2, 0) is 15.1 Å². The Hall–Kier alpha value is -3.91. The maximum absolute atomic E-state index is 12.1. The molecule has 1 heterocycles. The smallest absolute Gasteiger partial charge is 0.308 e. The van der Waals surface area contributed by atoms with Crippen LogP contribution in [0.15, 0.2) is 72.8 Å². The lowest BCUT2D eigenvalue weighted by Crippen LogP contribution is -2.58. The van der Waals surface area contributed by atoms with Crippen molar-refractivity contribution in [3.63, 3.8) is 0 Å². The predicted molar refractivity (Wildman–Crippen MR) is 136 cm³/mol. The number of ether oxygens (including phenoxy) is 3. The van der Waals surface area contributed by atoms with Crippen molar-refractivity contribution in [1.29, 1.82) is 0 Å². The van der Waals surface area contributed by atoms with Gasteiger partial charge in [0.2, 0.25) is 0 Å². The molecular weight excluding hydrogens is 464 g/mol. The van der Waals surface area contributed by atoms with Crippen molar-refractivity contribution in [3.8, 4) is 17.2 Å². The Morgan fingerprint density at radius 3 is 2.20 bits per heavy atom. The number of thiocarbonyl (C=S) groups is 1. The molecule has 2 atom stereocenters. The Balaban J connectivity index is 1.91. The average Bonchev–Trinajstić information content (AvgIpc) is 2.83. The first-order chi connectivity index (χ1) is 16.8. The van der Waals surface area contributed by atoms with Crippen LogP contribution < -0.4 is 24.8 Å². The summed E-state index contributed by atoms with van der Waals surface area (Å²) in [5.41, 5.74) is 1.78. The van der Waals surface area contributed by atoms with E-state index in [0.717, 1.165) is 11.1 Å². The summed E-state index contributed by atoms with van der Waals surface area (Å²) in [6, 6.07) is 22.6. The highest BCUT2D eigenvalue weighted by Crippen LogP contribution is 2.45. The molecule has 0 bridgehead atoms. The second-order valence-corrected chi connectivity index (χ2v) is 8.65. The normalized spacial score (nSPS) is 19.2. The van der Waals surface area contributed by atoms with Crippen LogP contribution in [0.25, 0.3) is 0 Å². The lowest BCUT2D eigenvalue weighted by Gasteiger charge is -2.45. The minimum atomic E-state index is -0.866. The molecule has 7 nitrogen and oxygen atoms in total. The van der Waals surface area contributed by atoms with Crippen LogP contribution in [0.1, 0.15) is 43.0 Å². The van der Waals surface area contributed by atoms with Crippen molar-refractivity contribution in [2.24, 2.45) is 0 Å². The molecular formula is C27H26N2O5S. The van der Waals surface area contributed by atoms with Gasteiger partial charge in [-0.1, -0.05) is 42.5 Å². The summed E-state index contributed by atoms with van der Waals surface area (Å²) >= 11 is 5.67. The highest BCUT2D eigenvalue weighted by molar-refractivity contribution is 7.80. The Morgan fingerprint density at radius 1 is 0.914 bits per heavy atom. The molecule has 1 aliphatic rings. The van der Waals surface area contributed by atoms with Gasteiger partial charge in [-0.25, -0.2) is 0 Å². The monoisotopic (exact) mass is 490 g/mol. The highest BCUT2D eigenvalue weighted by atomic mass is 32.1. The summed E-state index contributed by atoms with van der Waals surface area (Å²) in [5.74, 6) is 0.300. The molecule has 0 saturated carbocycles. The zero-order valence-electron chi connectivity index (χ0n) is 19.7. The fourth-order valence-corrected chi connectivity index (χ4v) is 4.72. The third-order valence-corrected chi connectivity index (χ3v) is 6.08. The van der Waals surface area contributed by atoms with E-state index in [1.165, 1.54) is 13.8 Å². The largest absolute Gasteiger partial charge is 0.497 e. The quantitative estimate of drug-likeness (QED) is 0.299. The number of hydrogen-bond acceptors (Lipinski definition) is 6. The van der Waals surface area contributed by atoms with Crippen LogP contribution in [0.5, 0.6) is 17.2 Å². The molecule has 180 valence electrons. The second-order valence-electron chi connectivity index (χ2n) is 8.24. The number of nitrogens with one attached hydrogen (secondary N) is 2. The minimum absolute atomic E-state index is 0.120. The van der Waals surface area contributed by atoms with Gasteiger partial charge in [-0.15, -0.1) is 0 Å². The van der Waals surface area contributed by atoms with Crippen LogP contribution in [0.2, 0.25) is 0 Å². The molecule has 2 N–H and O–H groups in total. The fourth-order valence-electron chi connectivity index (χ4n) is 4.41. The number of benzene rings is 3. The zero-order valence-corrected chi connectivity index (χ0v) is 20.5. The van der Waals surface area contributed by atoms with Crippen molar-refractivity contribution in [2.45, 2.75) is 31.8 Å². The van der Waals surface area contributed by atoms with Gasteiger partial charge in [0.25, 0.3) is 0 Å². The molecule has 1 fully saturated rings. The summed E-state index contributed by atoms with van der Waals surface area (Å²) in [6.07, 6.45) is 0.546. The molecule has 35 heavy (non-hydrogen) atoms. The van der Waals surface area contributed by atoms with E-state index in [-0.39, 0.29) is 17.5 Å². The topological polar surface area (TPSA) is 85.9 Å². The van der Waals surface area contributed by atoms with Crippen molar-refractivity contribution in [3.05, 3.63) is 89.5 Å². The van der Waals surface area contributed by atoms with E-state index in [4.69, 9.17) is 26.4 Å². The number of methoxy groups -OCH3 is 1. The molecule has 0 unspecified atom stereocenters. The third-order valence-electron chi connectivity index (χ3n) is 5.86. The minimum Gasteiger partial charge on any atom is -0.497 e. The summed E-state index contributed by atoms with van der Waals surface area (Å²) in [4.78, 5) is 23.6. The van der Waals surface area contributed by atoms with E-state index < -0.39 is 17.5 Å². The van der Waals surface area contributed by atoms with E-state index in [2.05, 4.69) is 10.6 Å². The van der Waals surface area contributed by atoms with Crippen LogP contribution in [-0.4, -0.2) is 24.2 Å². The Bertz CT molecular complexity index is 1250. The van der Waals surface area contributed by atoms with Gasteiger partial charge in [0, 0.05) is 31.9 Å². The number of carbonyl (C=O) groups excluding carboxylic acids is 2. The molecule has 0 radical (unpaired) electrons. The van der Waals surface area contributed by atoms with Crippen molar-refractivity contribution < 1.29 is 23.8 Å². The number of carbonyl (C=O) groups is 2. The van der Waals surface area contributed by atoms with Crippen LogP contribution in [0.3, 0.4) is 0 Å². The molecule has 0 spiro atoms. The Kier molecular flexibility index (Phi) is 7.02. The zero-order chi connectivity index (χ0) is 25.0. The van der Waals surface area contributed by atoms with E-state index in [9.17, 15) is 9.59 Å². The lowest BCUT2D eigenvalue weighted by molar-refractivity contribution is -0.132. The molecule has 0 amide bonds. The summed E-state index contributed by atoms with van der Waals surface area (Å²) in [5, 5.41) is 7.28. The van der Waals surface area contributed by atoms with E-state index in [0.29, 0.717) is 22.8 Å². The van der Waals surface area contributed by atoms with E-state index >= 15 is 0 Å². The second kappa shape index (κ2) is 10.1. The number of rotatable bonds is 6. The SMILES string of the molecule is COc1ccc([C@]2(c3ccc(OC(C)=O)cc3OC(C)=O)C[C@@H](c3ccccc3)NC(=S)N2)cc1. The lowest BCUT2D eigenvalue weighted by atomic mass is 9.75. The molecule has 1 saturated heterocycles. The molecule has 3 aromatic carbocycles. The van der Waals surface area contributed by atoms with Crippen LogP contribution in [0.4, 0.5) is 0 Å². The maximum atomic E-state index is 12.1. The highest BCUT2D eigenvalue weighted by Gasteiger charge is 2.44. The van der Waals surface area contributed by atoms with E-state index in [1.807, 2.05) is 54.6 Å². The number of esters is 2. The molecule has 4 rings (SSSR count). The number of hydrogen-bond donors (Lipinski definition) is 2. The van der Waals surface area contributed by atoms with Gasteiger partial charge in [-0.3, -0.25) is 9.59 Å². The van der Waals surface area contributed by atoms with Gasteiger partial charge in [0.1, 0.15) is 17.2 Å². The van der Waals surface area contributed by atoms with E-state index in [1.54, 1.807) is 25.3 Å². The first kappa shape index (κ1) is 24.2. The van der Waals surface area contributed by atoms with Crippen LogP contribution >= 0.6 is 12.2 Å². The first-order valence-electron chi connectivity index (χ1n) is 11.1. The van der Waals surface area contributed by atoms with Gasteiger partial charge in [0.05, 0.1) is 18.7 Å². The van der Waals surface area contributed by atoms with Crippen molar-refractivity contribution >= 4 is 29.3 Å². The molecule has 3 aromatic rings. The molecule has 8 heteroatoms. The average molecular weight is 491 g/mol. The molecule has 1 aliphatic heterocycles. The molecule has 0 aromatic heterocycles. The Labute approximate surface area is 209 Å². The predicted octanol–water partition coefficient (Wildman–Crippen LogP) is 4.40. The standard InChI is InChI=1S/C27H26N2O5S/c1-17(30)33-22-13-14-23(25(15-22)34-18(2)31)27(20-9-11-21(32-3)12-10-20)16-24(28-26(35)29-27)19-7-5-4-6-8-19/h4-15,24H,16H2,1-3H3,(H2,28,29,35)/t24-,27-/m0/s1. The summed E-state index contributed by atoms with van der Waals surface area (Å²) in [7, 11) is 1.61. The van der Waals surface area contributed by atoms with Gasteiger partial charge in [-0.05, 0) is 47.6 Å². The summed E-state index contributed by atoms with van der Waals surface area (Å²) in [6.45, 7) is 2.64. The van der Waals surface area contributed by atoms with Crippen molar-refractivity contribution in [1.82, 2.24) is 10.6 Å².